The fourth-order valence-electron chi connectivity index (χ4n) is 5.37. The molecule has 1 fully saturated rings. The van der Waals surface area contributed by atoms with E-state index in [4.69, 9.17) is 21.3 Å². The fourth-order valence-corrected chi connectivity index (χ4v) is 5.70. The van der Waals surface area contributed by atoms with Crippen molar-refractivity contribution in [1.29, 1.82) is 0 Å². The number of aromatic nitrogens is 2. The van der Waals surface area contributed by atoms with Gasteiger partial charge in [0.25, 0.3) is 0 Å². The molecule has 1 amide bonds. The SMILES string of the molecule is COC(CF)CN(CCCCc1ccc2c(n1)NCCC2)CCC(NC(=O)C1(c2c(F)cncc2Cl)CC1)C(=O)O. The molecule has 0 spiro atoms. The largest absolute Gasteiger partial charge is 0.480 e. The summed E-state index contributed by atoms with van der Waals surface area (Å²) in [4.78, 5) is 35.7. The van der Waals surface area contributed by atoms with Gasteiger partial charge in [-0.15, -0.1) is 0 Å². The number of pyridine rings is 2. The van der Waals surface area contributed by atoms with Gasteiger partial charge in [0.2, 0.25) is 5.91 Å². The van der Waals surface area contributed by atoms with E-state index in [1.807, 2.05) is 4.90 Å². The Morgan fingerprint density at radius 1 is 1.27 bits per heavy atom. The molecule has 1 aliphatic heterocycles. The minimum Gasteiger partial charge on any atom is -0.480 e. The lowest BCUT2D eigenvalue weighted by atomic mass is 9.94. The summed E-state index contributed by atoms with van der Waals surface area (Å²) in [6.07, 6.45) is 7.02. The first kappa shape index (κ1) is 31.1. The van der Waals surface area contributed by atoms with Crippen LogP contribution in [0.2, 0.25) is 5.02 Å². The Kier molecular flexibility index (Phi) is 10.9. The van der Waals surface area contributed by atoms with E-state index in [-0.39, 0.29) is 23.6 Å². The van der Waals surface area contributed by atoms with Crippen molar-refractivity contribution in [1.82, 2.24) is 20.2 Å². The van der Waals surface area contributed by atoms with Crippen LogP contribution in [0.4, 0.5) is 14.6 Å². The lowest BCUT2D eigenvalue weighted by Gasteiger charge is -2.27. The van der Waals surface area contributed by atoms with Crippen LogP contribution in [-0.2, 0) is 32.6 Å². The van der Waals surface area contributed by atoms with Crippen LogP contribution in [0.15, 0.2) is 24.5 Å². The molecule has 0 radical (unpaired) electrons. The predicted octanol–water partition coefficient (Wildman–Crippen LogP) is 3.93. The molecule has 3 heterocycles. The number of ether oxygens (including phenoxy) is 1. The van der Waals surface area contributed by atoms with Crippen LogP contribution < -0.4 is 10.6 Å². The van der Waals surface area contributed by atoms with Gasteiger partial charge in [-0.3, -0.25) is 9.78 Å². The number of alkyl halides is 1. The number of nitrogens with zero attached hydrogens (tertiary/aromatic N) is 3. The molecule has 224 valence electrons. The smallest absolute Gasteiger partial charge is 0.326 e. The molecule has 12 heteroatoms. The standard InChI is InChI=1S/C29H38ClF2N5O4/c1-41-21(15-31)18-37(13-3-2-6-20-8-7-19-5-4-12-34-26(19)35-20)14-9-24(27(38)39)36-28(40)29(10-11-29)25-22(30)16-33-17-23(25)32/h7-8,16-17,21,24H,2-6,9-15,18H2,1H3,(H,34,35)(H,36,40)(H,38,39). The number of carboxylic acids is 1. The molecule has 2 aromatic heterocycles. The molecular weight excluding hydrogens is 556 g/mol. The highest BCUT2D eigenvalue weighted by Gasteiger charge is 2.54. The third-order valence-electron chi connectivity index (χ3n) is 7.93. The second kappa shape index (κ2) is 14.3. The van der Waals surface area contributed by atoms with Crippen LogP contribution in [0.3, 0.4) is 0 Å². The van der Waals surface area contributed by atoms with E-state index in [1.54, 1.807) is 0 Å². The molecule has 1 saturated carbocycles. The zero-order valence-corrected chi connectivity index (χ0v) is 24.1. The number of methoxy groups -OCH3 is 1. The number of fused-ring (bicyclic) bond motifs is 1. The molecule has 41 heavy (non-hydrogen) atoms. The minimum absolute atomic E-state index is 0.0365. The van der Waals surface area contributed by atoms with Gasteiger partial charge in [0.1, 0.15) is 24.4 Å². The first-order chi connectivity index (χ1) is 19.8. The van der Waals surface area contributed by atoms with Gasteiger partial charge in [-0.2, -0.15) is 0 Å². The summed E-state index contributed by atoms with van der Waals surface area (Å²) in [6, 6.07) is 2.99. The number of carboxylic acid groups (broad SMARTS) is 1. The van der Waals surface area contributed by atoms with E-state index in [2.05, 4.69) is 27.8 Å². The van der Waals surface area contributed by atoms with E-state index < -0.39 is 41.9 Å². The van der Waals surface area contributed by atoms with Gasteiger partial charge >= 0.3 is 5.97 Å². The van der Waals surface area contributed by atoms with Crippen LogP contribution in [0, 0.1) is 5.82 Å². The number of nitrogens with one attached hydrogen (secondary N) is 2. The summed E-state index contributed by atoms with van der Waals surface area (Å²) in [7, 11) is 1.44. The zero-order valence-electron chi connectivity index (χ0n) is 23.3. The average Bonchev–Trinajstić information content (AvgIpc) is 3.77. The van der Waals surface area contributed by atoms with Crippen molar-refractivity contribution in [2.45, 2.75) is 68.9 Å². The highest BCUT2D eigenvalue weighted by atomic mass is 35.5. The minimum atomic E-state index is -1.20. The molecule has 3 N–H and O–H groups in total. The maximum Gasteiger partial charge on any atom is 0.326 e. The molecular formula is C29H38ClF2N5O4. The molecule has 0 aromatic carbocycles. The Bertz CT molecular complexity index is 1190. The monoisotopic (exact) mass is 593 g/mol. The number of rotatable bonds is 16. The van der Waals surface area contributed by atoms with E-state index in [9.17, 15) is 23.5 Å². The maximum absolute atomic E-state index is 14.5. The summed E-state index contributed by atoms with van der Waals surface area (Å²) >= 11 is 6.15. The first-order valence-corrected chi connectivity index (χ1v) is 14.5. The molecule has 2 unspecified atom stereocenters. The topological polar surface area (TPSA) is 117 Å². The van der Waals surface area contributed by atoms with Crippen molar-refractivity contribution in [2.24, 2.45) is 0 Å². The second-order valence-corrected chi connectivity index (χ2v) is 11.2. The molecule has 0 saturated heterocycles. The normalized spacial score (nSPS) is 16.9. The maximum atomic E-state index is 14.5. The Balaban J connectivity index is 1.33. The highest BCUT2D eigenvalue weighted by Crippen LogP contribution is 2.51. The van der Waals surface area contributed by atoms with Gasteiger partial charge in [0.15, 0.2) is 0 Å². The van der Waals surface area contributed by atoms with E-state index >= 15 is 0 Å². The van der Waals surface area contributed by atoms with Crippen molar-refractivity contribution in [3.8, 4) is 0 Å². The van der Waals surface area contributed by atoms with Crippen molar-refractivity contribution in [3.63, 3.8) is 0 Å². The number of hydrogen-bond acceptors (Lipinski definition) is 7. The van der Waals surface area contributed by atoms with E-state index in [0.717, 1.165) is 56.4 Å². The van der Waals surface area contributed by atoms with Crippen molar-refractivity contribution >= 4 is 29.3 Å². The summed E-state index contributed by atoms with van der Waals surface area (Å²) in [5.74, 6) is -1.50. The third-order valence-corrected chi connectivity index (χ3v) is 8.22. The Labute approximate surface area is 244 Å². The lowest BCUT2D eigenvalue weighted by Crippen LogP contribution is -2.48. The first-order valence-electron chi connectivity index (χ1n) is 14.1. The number of aryl methyl sites for hydroxylation is 2. The van der Waals surface area contributed by atoms with Gasteiger partial charge in [0, 0.05) is 44.2 Å². The average molecular weight is 594 g/mol. The molecule has 9 nitrogen and oxygen atoms in total. The Hall–Kier alpha value is -2.89. The number of amides is 1. The number of halogens is 3. The van der Waals surface area contributed by atoms with Gasteiger partial charge < -0.3 is 25.4 Å². The number of anilines is 1. The van der Waals surface area contributed by atoms with Crippen LogP contribution in [0.1, 0.15) is 55.3 Å². The summed E-state index contributed by atoms with van der Waals surface area (Å²) in [5.41, 5.74) is 1.10. The molecule has 4 rings (SSSR count). The van der Waals surface area contributed by atoms with Crippen LogP contribution in [-0.4, -0.2) is 84.0 Å². The van der Waals surface area contributed by atoms with Gasteiger partial charge in [-0.05, 0) is 69.5 Å². The highest BCUT2D eigenvalue weighted by molar-refractivity contribution is 6.31. The Morgan fingerprint density at radius 3 is 2.76 bits per heavy atom. The summed E-state index contributed by atoms with van der Waals surface area (Å²) < 4.78 is 33.2. The number of carbonyl (C=O) groups excluding carboxylic acids is 1. The predicted molar refractivity (Wildman–Crippen MR) is 151 cm³/mol. The van der Waals surface area contributed by atoms with Crippen molar-refractivity contribution in [2.75, 3.05) is 45.3 Å². The van der Waals surface area contributed by atoms with Crippen LogP contribution >= 0.6 is 11.6 Å². The quantitative estimate of drug-likeness (QED) is 0.251. The summed E-state index contributed by atoms with van der Waals surface area (Å²) in [6.45, 7) is 1.45. The molecule has 2 aromatic rings. The van der Waals surface area contributed by atoms with Gasteiger partial charge in [0.05, 0.1) is 22.7 Å². The van der Waals surface area contributed by atoms with E-state index in [1.165, 1.54) is 18.9 Å². The number of aliphatic carboxylic acids is 1. The van der Waals surface area contributed by atoms with Crippen molar-refractivity contribution < 1.29 is 28.2 Å². The number of unbranched alkanes of at least 4 members (excludes halogenated alkanes) is 1. The lowest BCUT2D eigenvalue weighted by molar-refractivity contribution is -0.142. The van der Waals surface area contributed by atoms with Gasteiger partial charge in [-0.1, -0.05) is 17.7 Å². The Morgan fingerprint density at radius 2 is 2.07 bits per heavy atom. The van der Waals surface area contributed by atoms with E-state index in [0.29, 0.717) is 25.9 Å². The summed E-state index contributed by atoms with van der Waals surface area (Å²) in [5, 5.41) is 15.8. The van der Waals surface area contributed by atoms with Crippen molar-refractivity contribution in [3.05, 3.63) is 52.2 Å². The number of carbonyl (C=O) groups is 2. The second-order valence-electron chi connectivity index (χ2n) is 10.8. The molecule has 2 aliphatic rings. The third kappa shape index (κ3) is 7.90. The molecule has 0 bridgehead atoms. The van der Waals surface area contributed by atoms with Gasteiger partial charge in [-0.25, -0.2) is 18.6 Å². The molecule has 2 atom stereocenters. The zero-order chi connectivity index (χ0) is 29.4. The molecule has 1 aliphatic carbocycles. The van der Waals surface area contributed by atoms with Crippen LogP contribution in [0.5, 0.6) is 0 Å². The van der Waals surface area contributed by atoms with Crippen LogP contribution in [0.25, 0.3) is 0 Å². The number of hydrogen-bond donors (Lipinski definition) is 3. The fraction of sp³-hybridized carbons (Fsp3) is 0.586.